The predicted octanol–water partition coefficient (Wildman–Crippen LogP) is 3.96. The van der Waals surface area contributed by atoms with Crippen LogP contribution in [0.2, 0.25) is 0 Å². The summed E-state index contributed by atoms with van der Waals surface area (Å²) < 4.78 is 24.2. The Kier molecular flexibility index (Phi) is 8.49. The van der Waals surface area contributed by atoms with Crippen LogP contribution in [0.1, 0.15) is 44.8 Å². The summed E-state index contributed by atoms with van der Waals surface area (Å²) in [6.45, 7) is 7.54. The first-order valence-corrected chi connectivity index (χ1v) is 11.9. The molecule has 0 aliphatic rings. The van der Waals surface area contributed by atoms with Crippen LogP contribution in [0.3, 0.4) is 0 Å². The fraction of sp³-hybridized carbons (Fsp3) is 0.478. The van der Waals surface area contributed by atoms with Crippen molar-refractivity contribution in [1.29, 1.82) is 0 Å². The highest BCUT2D eigenvalue weighted by Crippen LogP contribution is 2.26. The third-order valence-electron chi connectivity index (χ3n) is 4.91. The molecule has 188 valence electrons. The van der Waals surface area contributed by atoms with Crippen molar-refractivity contribution in [2.24, 2.45) is 0 Å². The zero-order valence-electron chi connectivity index (χ0n) is 20.4. The third-order valence-corrected chi connectivity index (χ3v) is 5.94. The molecule has 0 saturated carbocycles. The lowest BCUT2D eigenvalue weighted by atomic mass is 10.2. The number of anilines is 1. The topological polar surface area (TPSA) is 119 Å². The number of halogens is 1. The van der Waals surface area contributed by atoms with Crippen LogP contribution in [-0.4, -0.2) is 62.2 Å². The van der Waals surface area contributed by atoms with E-state index in [0.717, 1.165) is 5.01 Å². The average Bonchev–Trinajstić information content (AvgIpc) is 3.21. The lowest BCUT2D eigenvalue weighted by Gasteiger charge is -2.31. The van der Waals surface area contributed by atoms with Crippen molar-refractivity contribution in [2.45, 2.75) is 58.7 Å². The van der Waals surface area contributed by atoms with Gasteiger partial charge in [0.2, 0.25) is 0 Å². The molecule has 0 aliphatic carbocycles. The van der Waals surface area contributed by atoms with Crippen LogP contribution in [0.25, 0.3) is 10.3 Å². The van der Waals surface area contributed by atoms with Crippen molar-refractivity contribution in [3.8, 4) is 0 Å². The molecule has 35 heavy (non-hydrogen) atoms. The highest BCUT2D eigenvalue weighted by Gasteiger charge is 2.28. The Hall–Kier alpha value is -3.41. The molecule has 1 atom stereocenters. The molecule has 0 spiro atoms. The standard InChI is InChI=1S/C23H29FN6O4S/c1-14(11-18(31)33-5)30(22(32)34-23(2,3)4)10-8-17-29-19-20(27-13-28-21(19)35-17)26-12-16-15(24)7-6-9-25-16/h6-7,9,13-14H,8,10-12H2,1-5H3,(H,26,27,28). The van der Waals surface area contributed by atoms with Gasteiger partial charge >= 0.3 is 12.1 Å². The number of hydrogen-bond acceptors (Lipinski definition) is 10. The van der Waals surface area contributed by atoms with E-state index in [9.17, 15) is 14.0 Å². The molecule has 0 radical (unpaired) electrons. The maximum Gasteiger partial charge on any atom is 0.410 e. The van der Waals surface area contributed by atoms with Gasteiger partial charge in [-0.1, -0.05) is 11.3 Å². The molecular formula is C23H29FN6O4S. The Bertz CT molecular complexity index is 1180. The zero-order valence-corrected chi connectivity index (χ0v) is 21.2. The number of nitrogens with one attached hydrogen (secondary N) is 1. The fourth-order valence-electron chi connectivity index (χ4n) is 3.21. The van der Waals surface area contributed by atoms with Gasteiger partial charge in [-0.3, -0.25) is 9.78 Å². The van der Waals surface area contributed by atoms with Crippen LogP contribution in [0.4, 0.5) is 15.0 Å². The van der Waals surface area contributed by atoms with Crippen molar-refractivity contribution < 1.29 is 23.5 Å². The van der Waals surface area contributed by atoms with Gasteiger partial charge in [0.25, 0.3) is 0 Å². The Balaban J connectivity index is 1.75. The van der Waals surface area contributed by atoms with Gasteiger partial charge in [0.1, 0.15) is 28.1 Å². The van der Waals surface area contributed by atoms with E-state index < -0.39 is 29.5 Å². The van der Waals surface area contributed by atoms with Crippen LogP contribution in [0, 0.1) is 5.82 Å². The summed E-state index contributed by atoms with van der Waals surface area (Å²) in [5, 5.41) is 3.80. The molecule has 1 N–H and O–H groups in total. The van der Waals surface area contributed by atoms with Crippen molar-refractivity contribution >= 4 is 39.6 Å². The monoisotopic (exact) mass is 504 g/mol. The van der Waals surface area contributed by atoms with Crippen LogP contribution in [0.15, 0.2) is 24.7 Å². The van der Waals surface area contributed by atoms with Gasteiger partial charge in [0.05, 0.1) is 30.8 Å². The minimum absolute atomic E-state index is 0.0409. The average molecular weight is 505 g/mol. The largest absolute Gasteiger partial charge is 0.469 e. The number of carbonyl (C=O) groups is 2. The number of carbonyl (C=O) groups excluding carboxylic acids is 2. The molecule has 12 heteroatoms. The van der Waals surface area contributed by atoms with E-state index in [2.05, 4.69) is 25.3 Å². The smallest absolute Gasteiger partial charge is 0.410 e. The van der Waals surface area contributed by atoms with E-state index in [4.69, 9.17) is 9.47 Å². The van der Waals surface area contributed by atoms with Crippen LogP contribution in [-0.2, 0) is 27.2 Å². The Morgan fingerprint density at radius 3 is 2.71 bits per heavy atom. The van der Waals surface area contributed by atoms with E-state index in [1.54, 1.807) is 27.7 Å². The van der Waals surface area contributed by atoms with Gasteiger partial charge < -0.3 is 19.7 Å². The number of thiazole rings is 1. The number of nitrogens with zero attached hydrogens (tertiary/aromatic N) is 5. The molecule has 0 fully saturated rings. The molecule has 3 aromatic rings. The zero-order chi connectivity index (χ0) is 25.6. The quantitative estimate of drug-likeness (QED) is 0.432. The van der Waals surface area contributed by atoms with E-state index in [0.29, 0.717) is 22.6 Å². The third kappa shape index (κ3) is 7.28. The molecule has 0 aromatic carbocycles. The van der Waals surface area contributed by atoms with Gasteiger partial charge in [-0.2, -0.15) is 0 Å². The van der Waals surface area contributed by atoms with Crippen molar-refractivity contribution in [2.75, 3.05) is 19.0 Å². The second kappa shape index (κ2) is 11.3. The number of fused-ring (bicyclic) bond motifs is 1. The lowest BCUT2D eigenvalue weighted by molar-refractivity contribution is -0.141. The first kappa shape index (κ1) is 26.2. The summed E-state index contributed by atoms with van der Waals surface area (Å²) in [5.74, 6) is -0.362. The molecule has 0 saturated heterocycles. The number of hydrogen-bond donors (Lipinski definition) is 1. The van der Waals surface area contributed by atoms with E-state index in [-0.39, 0.29) is 25.2 Å². The molecule has 1 unspecified atom stereocenters. The Morgan fingerprint density at radius 1 is 1.26 bits per heavy atom. The van der Waals surface area contributed by atoms with Crippen LogP contribution in [0.5, 0.6) is 0 Å². The van der Waals surface area contributed by atoms with E-state index >= 15 is 0 Å². The summed E-state index contributed by atoms with van der Waals surface area (Å²) in [6, 6.07) is 2.44. The molecule has 10 nitrogen and oxygen atoms in total. The molecule has 0 bridgehead atoms. The highest BCUT2D eigenvalue weighted by molar-refractivity contribution is 7.18. The first-order chi connectivity index (χ1) is 16.6. The maximum atomic E-state index is 13.9. The van der Waals surface area contributed by atoms with Crippen LogP contribution < -0.4 is 5.32 Å². The van der Waals surface area contributed by atoms with E-state index in [1.165, 1.54) is 48.0 Å². The summed E-state index contributed by atoms with van der Waals surface area (Å²) in [6.07, 6.45) is 2.87. The summed E-state index contributed by atoms with van der Waals surface area (Å²) in [5.41, 5.74) is 0.136. The number of aromatic nitrogens is 4. The number of ether oxygens (including phenoxy) is 2. The highest BCUT2D eigenvalue weighted by atomic mass is 32.1. The summed E-state index contributed by atoms with van der Waals surface area (Å²) in [4.78, 5) is 44.0. The number of esters is 1. The van der Waals surface area contributed by atoms with Gasteiger partial charge in [-0.25, -0.2) is 24.1 Å². The number of pyridine rings is 1. The normalized spacial score (nSPS) is 12.3. The molecule has 3 aromatic heterocycles. The maximum absolute atomic E-state index is 13.9. The fourth-order valence-corrected chi connectivity index (χ4v) is 4.10. The molecule has 3 rings (SSSR count). The summed E-state index contributed by atoms with van der Waals surface area (Å²) in [7, 11) is 1.31. The number of amides is 1. The van der Waals surface area contributed by atoms with E-state index in [1.807, 2.05) is 0 Å². The molecule has 3 heterocycles. The van der Waals surface area contributed by atoms with Crippen molar-refractivity contribution in [1.82, 2.24) is 24.8 Å². The second-order valence-corrected chi connectivity index (χ2v) is 9.88. The Morgan fingerprint density at radius 2 is 2.03 bits per heavy atom. The van der Waals surface area contributed by atoms with Crippen LogP contribution >= 0.6 is 11.3 Å². The van der Waals surface area contributed by atoms with Crippen molar-refractivity contribution in [3.63, 3.8) is 0 Å². The minimum atomic E-state index is -0.681. The Labute approximate surface area is 206 Å². The SMILES string of the molecule is COC(=O)CC(C)N(CCc1nc2c(NCc3ncccc3F)ncnc2s1)C(=O)OC(C)(C)C. The van der Waals surface area contributed by atoms with Gasteiger partial charge in [0, 0.05) is 25.2 Å². The first-order valence-electron chi connectivity index (χ1n) is 11.1. The molecule has 1 amide bonds. The summed E-state index contributed by atoms with van der Waals surface area (Å²) >= 11 is 1.37. The number of rotatable bonds is 9. The van der Waals surface area contributed by atoms with Gasteiger partial charge in [-0.15, -0.1) is 0 Å². The van der Waals surface area contributed by atoms with Gasteiger partial charge in [-0.05, 0) is 39.8 Å². The molecular weight excluding hydrogens is 475 g/mol. The lowest BCUT2D eigenvalue weighted by Crippen LogP contribution is -2.44. The molecule has 0 aliphatic heterocycles. The number of methoxy groups -OCH3 is 1. The minimum Gasteiger partial charge on any atom is -0.469 e. The van der Waals surface area contributed by atoms with Crippen molar-refractivity contribution in [3.05, 3.63) is 41.2 Å². The predicted molar refractivity (Wildman–Crippen MR) is 129 cm³/mol. The van der Waals surface area contributed by atoms with Gasteiger partial charge in [0.15, 0.2) is 5.82 Å². The second-order valence-electron chi connectivity index (χ2n) is 8.82.